The number of H-pyrrole nitrogens is 1. The van der Waals surface area contributed by atoms with Gasteiger partial charge in [-0.3, -0.25) is 14.6 Å². The smallest absolute Gasteiger partial charge is 0.328 e. The fourth-order valence-electron chi connectivity index (χ4n) is 2.95. The fourth-order valence-corrected chi connectivity index (χ4v) is 2.95. The number of carbonyl (C=O) groups excluding carboxylic acids is 1. The van der Waals surface area contributed by atoms with E-state index in [4.69, 9.17) is 9.47 Å². The molecule has 0 bridgehead atoms. The lowest BCUT2D eigenvalue weighted by Crippen LogP contribution is -2.45. The Bertz CT molecular complexity index is 909. The van der Waals surface area contributed by atoms with Gasteiger partial charge in [0.25, 0.3) is 17.3 Å². The standard InChI is InChI=1S/C17H21N5O5/c1-26-15-16(19-7-6-18-15)27-12-3-2-8-22(11-12)14(24)5-10-21-9-4-13(23)20-17(21)25/h4,6-7,9,12H,2-3,5,8,10-11H2,1H3,(H,20,23,25)/t12-/m0/s1. The van der Waals surface area contributed by atoms with Crippen LogP contribution >= 0.6 is 0 Å². The number of carbonyl (C=O) groups is 1. The highest BCUT2D eigenvalue weighted by molar-refractivity contribution is 5.76. The zero-order valence-corrected chi connectivity index (χ0v) is 15.0. The third-order valence-electron chi connectivity index (χ3n) is 4.30. The molecule has 0 saturated carbocycles. The number of likely N-dealkylation sites (tertiary alicyclic amines) is 1. The van der Waals surface area contributed by atoms with Gasteiger partial charge < -0.3 is 18.9 Å². The number of piperidine rings is 1. The van der Waals surface area contributed by atoms with E-state index in [9.17, 15) is 14.4 Å². The molecular weight excluding hydrogens is 354 g/mol. The fraction of sp³-hybridized carbons (Fsp3) is 0.471. The summed E-state index contributed by atoms with van der Waals surface area (Å²) in [5, 5.41) is 0. The van der Waals surface area contributed by atoms with Crippen molar-refractivity contribution in [2.24, 2.45) is 0 Å². The van der Waals surface area contributed by atoms with Crippen LogP contribution in [0.25, 0.3) is 0 Å². The third-order valence-corrected chi connectivity index (χ3v) is 4.30. The van der Waals surface area contributed by atoms with E-state index >= 15 is 0 Å². The molecule has 27 heavy (non-hydrogen) atoms. The first-order valence-corrected chi connectivity index (χ1v) is 8.66. The highest BCUT2D eigenvalue weighted by atomic mass is 16.5. The van der Waals surface area contributed by atoms with Gasteiger partial charge in [-0.1, -0.05) is 0 Å². The number of aromatic amines is 1. The van der Waals surface area contributed by atoms with Crippen molar-refractivity contribution in [3.63, 3.8) is 0 Å². The molecule has 144 valence electrons. The Balaban J connectivity index is 1.57. The van der Waals surface area contributed by atoms with Crippen LogP contribution < -0.4 is 20.7 Å². The lowest BCUT2D eigenvalue weighted by Gasteiger charge is -2.32. The molecule has 10 nitrogen and oxygen atoms in total. The largest absolute Gasteiger partial charge is 0.477 e. The predicted octanol–water partition coefficient (Wildman–Crippen LogP) is -0.205. The van der Waals surface area contributed by atoms with Crippen LogP contribution in [0.3, 0.4) is 0 Å². The van der Waals surface area contributed by atoms with Crippen molar-refractivity contribution in [2.75, 3.05) is 20.2 Å². The Morgan fingerprint density at radius 3 is 2.81 bits per heavy atom. The van der Waals surface area contributed by atoms with E-state index < -0.39 is 11.2 Å². The lowest BCUT2D eigenvalue weighted by molar-refractivity contribution is -0.134. The van der Waals surface area contributed by atoms with Crippen molar-refractivity contribution in [1.82, 2.24) is 24.4 Å². The van der Waals surface area contributed by atoms with E-state index in [1.807, 2.05) is 0 Å². The molecule has 10 heteroatoms. The van der Waals surface area contributed by atoms with Gasteiger partial charge in [-0.25, -0.2) is 14.8 Å². The third kappa shape index (κ3) is 4.72. The van der Waals surface area contributed by atoms with Crippen molar-refractivity contribution in [3.05, 3.63) is 45.5 Å². The second-order valence-electron chi connectivity index (χ2n) is 6.15. The summed E-state index contributed by atoms with van der Waals surface area (Å²) < 4.78 is 12.3. The summed E-state index contributed by atoms with van der Waals surface area (Å²) in [5.41, 5.74) is -0.983. The minimum absolute atomic E-state index is 0.0764. The van der Waals surface area contributed by atoms with E-state index in [1.165, 1.54) is 36.3 Å². The molecule has 0 unspecified atom stereocenters. The number of aromatic nitrogens is 4. The Labute approximate surface area is 154 Å². The first kappa shape index (κ1) is 18.6. The molecule has 3 heterocycles. The zero-order valence-electron chi connectivity index (χ0n) is 15.0. The molecule has 0 spiro atoms. The van der Waals surface area contributed by atoms with Crippen LogP contribution in [0.15, 0.2) is 34.2 Å². The van der Waals surface area contributed by atoms with Crippen LogP contribution in [-0.2, 0) is 11.3 Å². The maximum Gasteiger partial charge on any atom is 0.328 e. The minimum Gasteiger partial charge on any atom is -0.477 e. The average Bonchev–Trinajstić information content (AvgIpc) is 2.68. The summed E-state index contributed by atoms with van der Waals surface area (Å²) in [6.07, 6.45) is 5.97. The molecular formula is C17H21N5O5. The number of rotatable bonds is 6. The van der Waals surface area contributed by atoms with Gasteiger partial charge in [0, 0.05) is 44.2 Å². The van der Waals surface area contributed by atoms with Gasteiger partial charge in [0.05, 0.1) is 13.7 Å². The summed E-state index contributed by atoms with van der Waals surface area (Å²) in [6, 6.07) is 1.25. The molecule has 0 aliphatic carbocycles. The SMILES string of the molecule is COc1nccnc1O[C@H]1CCCN(C(=O)CCn2ccc(=O)[nH]c2=O)C1. The molecule has 1 saturated heterocycles. The Morgan fingerprint density at radius 1 is 1.30 bits per heavy atom. The van der Waals surface area contributed by atoms with E-state index in [0.717, 1.165) is 12.8 Å². The van der Waals surface area contributed by atoms with E-state index in [2.05, 4.69) is 15.0 Å². The first-order chi connectivity index (χ1) is 13.1. The molecule has 0 radical (unpaired) electrons. The number of amides is 1. The van der Waals surface area contributed by atoms with Crippen LogP contribution in [0.5, 0.6) is 11.8 Å². The number of nitrogens with one attached hydrogen (secondary N) is 1. The van der Waals surface area contributed by atoms with Gasteiger partial charge in [0.1, 0.15) is 6.10 Å². The predicted molar refractivity (Wildman–Crippen MR) is 94.8 cm³/mol. The first-order valence-electron chi connectivity index (χ1n) is 8.66. The highest BCUT2D eigenvalue weighted by Gasteiger charge is 2.26. The van der Waals surface area contributed by atoms with Crippen molar-refractivity contribution in [1.29, 1.82) is 0 Å². The Hall–Kier alpha value is -3.17. The molecule has 0 aromatic carbocycles. The van der Waals surface area contributed by atoms with Gasteiger partial charge in [-0.15, -0.1) is 0 Å². The molecule has 1 aliphatic heterocycles. The van der Waals surface area contributed by atoms with Crippen LogP contribution in [0.4, 0.5) is 0 Å². The number of ether oxygens (including phenoxy) is 2. The normalized spacial score (nSPS) is 16.8. The Kier molecular flexibility index (Phi) is 5.84. The van der Waals surface area contributed by atoms with Crippen molar-refractivity contribution in [2.45, 2.75) is 31.9 Å². The van der Waals surface area contributed by atoms with Crippen molar-refractivity contribution in [3.8, 4) is 11.8 Å². The summed E-state index contributed by atoms with van der Waals surface area (Å²) >= 11 is 0. The molecule has 1 fully saturated rings. The zero-order chi connectivity index (χ0) is 19.2. The number of hydrogen-bond acceptors (Lipinski definition) is 7. The minimum atomic E-state index is -0.523. The maximum absolute atomic E-state index is 12.5. The lowest BCUT2D eigenvalue weighted by atomic mass is 10.1. The molecule has 1 atom stereocenters. The molecule has 2 aromatic rings. The number of aryl methyl sites for hydroxylation is 1. The van der Waals surface area contributed by atoms with Gasteiger partial charge in [-0.05, 0) is 12.8 Å². The summed E-state index contributed by atoms with van der Waals surface area (Å²) in [5.74, 6) is 0.532. The topological polar surface area (TPSA) is 119 Å². The number of hydrogen-bond donors (Lipinski definition) is 1. The molecule has 1 amide bonds. The van der Waals surface area contributed by atoms with Crippen LogP contribution in [0.2, 0.25) is 0 Å². The van der Waals surface area contributed by atoms with Gasteiger partial charge in [0.15, 0.2) is 0 Å². The van der Waals surface area contributed by atoms with Crippen LogP contribution in [-0.4, -0.2) is 56.6 Å². The van der Waals surface area contributed by atoms with Crippen LogP contribution in [0.1, 0.15) is 19.3 Å². The Morgan fingerprint density at radius 2 is 2.07 bits per heavy atom. The van der Waals surface area contributed by atoms with E-state index in [-0.39, 0.29) is 25.0 Å². The van der Waals surface area contributed by atoms with Crippen molar-refractivity contribution < 1.29 is 14.3 Å². The number of methoxy groups -OCH3 is 1. The quantitative estimate of drug-likeness (QED) is 0.742. The van der Waals surface area contributed by atoms with E-state index in [1.54, 1.807) is 4.90 Å². The van der Waals surface area contributed by atoms with Gasteiger partial charge in [-0.2, -0.15) is 0 Å². The molecule has 1 aliphatic rings. The number of nitrogens with zero attached hydrogens (tertiary/aromatic N) is 4. The average molecular weight is 375 g/mol. The maximum atomic E-state index is 12.5. The van der Waals surface area contributed by atoms with Crippen molar-refractivity contribution >= 4 is 5.91 Å². The monoisotopic (exact) mass is 375 g/mol. The van der Waals surface area contributed by atoms with Gasteiger partial charge >= 0.3 is 5.69 Å². The van der Waals surface area contributed by atoms with E-state index in [0.29, 0.717) is 24.8 Å². The highest BCUT2D eigenvalue weighted by Crippen LogP contribution is 2.24. The molecule has 2 aromatic heterocycles. The summed E-state index contributed by atoms with van der Waals surface area (Å²) in [4.78, 5) is 47.3. The van der Waals surface area contributed by atoms with Crippen LogP contribution in [0, 0.1) is 0 Å². The molecule has 1 N–H and O–H groups in total. The van der Waals surface area contributed by atoms with Gasteiger partial charge in [0.2, 0.25) is 5.91 Å². The molecule has 3 rings (SSSR count). The second-order valence-corrected chi connectivity index (χ2v) is 6.15. The second kappa shape index (κ2) is 8.47. The summed E-state index contributed by atoms with van der Waals surface area (Å²) in [6.45, 7) is 1.27. The summed E-state index contributed by atoms with van der Waals surface area (Å²) in [7, 11) is 1.49.